The normalized spacial score (nSPS) is 19.5. The van der Waals surface area contributed by atoms with E-state index in [1.54, 1.807) is 6.21 Å². The molecule has 0 aliphatic heterocycles. The van der Waals surface area contributed by atoms with Crippen molar-refractivity contribution in [1.29, 1.82) is 0 Å². The molecule has 0 aromatic heterocycles. The van der Waals surface area contributed by atoms with Crippen LogP contribution in [0, 0.1) is 0 Å². The van der Waals surface area contributed by atoms with E-state index in [-0.39, 0.29) is 0 Å². The van der Waals surface area contributed by atoms with Crippen LogP contribution in [0.25, 0.3) is 0 Å². The minimum absolute atomic E-state index is 0.681. The third kappa shape index (κ3) is 4.88. The summed E-state index contributed by atoms with van der Waals surface area (Å²) in [7, 11) is 0. The van der Waals surface area contributed by atoms with Gasteiger partial charge in [0.2, 0.25) is 0 Å². The van der Waals surface area contributed by atoms with E-state index >= 15 is 0 Å². The largest absolute Gasteiger partial charge is 0.395 e. The SMILES string of the molecule is C/C=N/OCCNC1CCCCC1. The molecule has 3 heteroatoms. The van der Waals surface area contributed by atoms with Gasteiger partial charge in [-0.25, -0.2) is 0 Å². The van der Waals surface area contributed by atoms with Crippen molar-refractivity contribution in [2.45, 2.75) is 45.1 Å². The summed E-state index contributed by atoms with van der Waals surface area (Å²) in [5.74, 6) is 0. The first-order chi connectivity index (χ1) is 6.43. The monoisotopic (exact) mass is 184 g/mol. The van der Waals surface area contributed by atoms with E-state index in [1.165, 1.54) is 32.1 Å². The number of nitrogens with zero attached hydrogens (tertiary/aromatic N) is 1. The van der Waals surface area contributed by atoms with Crippen LogP contribution in [0.15, 0.2) is 5.16 Å². The quantitative estimate of drug-likeness (QED) is 0.402. The molecule has 0 saturated heterocycles. The smallest absolute Gasteiger partial charge is 0.129 e. The maximum Gasteiger partial charge on any atom is 0.129 e. The summed E-state index contributed by atoms with van der Waals surface area (Å²) < 4.78 is 0. The van der Waals surface area contributed by atoms with Crippen LogP contribution in [0.4, 0.5) is 0 Å². The molecule has 0 atom stereocenters. The highest BCUT2D eigenvalue weighted by Crippen LogP contribution is 2.16. The fourth-order valence-corrected chi connectivity index (χ4v) is 1.74. The van der Waals surface area contributed by atoms with Gasteiger partial charge in [0.05, 0.1) is 0 Å². The van der Waals surface area contributed by atoms with E-state index < -0.39 is 0 Å². The molecule has 0 radical (unpaired) electrons. The first-order valence-electron chi connectivity index (χ1n) is 5.27. The lowest BCUT2D eigenvalue weighted by atomic mass is 9.96. The van der Waals surface area contributed by atoms with Crippen LogP contribution in [0.5, 0.6) is 0 Å². The molecule has 1 rings (SSSR count). The van der Waals surface area contributed by atoms with Crippen molar-refractivity contribution in [3.05, 3.63) is 0 Å². The van der Waals surface area contributed by atoms with Gasteiger partial charge in [0, 0.05) is 18.8 Å². The van der Waals surface area contributed by atoms with Gasteiger partial charge >= 0.3 is 0 Å². The summed E-state index contributed by atoms with van der Waals surface area (Å²) in [4.78, 5) is 4.98. The number of oxime groups is 1. The first kappa shape index (κ1) is 10.5. The van der Waals surface area contributed by atoms with E-state index in [1.807, 2.05) is 6.92 Å². The lowest BCUT2D eigenvalue weighted by Gasteiger charge is -2.22. The highest BCUT2D eigenvalue weighted by atomic mass is 16.6. The second-order valence-electron chi connectivity index (χ2n) is 3.49. The molecule has 1 N–H and O–H groups in total. The Bertz CT molecular complexity index is 142. The van der Waals surface area contributed by atoms with Crippen LogP contribution < -0.4 is 5.32 Å². The first-order valence-corrected chi connectivity index (χ1v) is 5.27. The van der Waals surface area contributed by atoms with Crippen molar-refractivity contribution in [2.24, 2.45) is 5.16 Å². The van der Waals surface area contributed by atoms with Crippen LogP contribution >= 0.6 is 0 Å². The fraction of sp³-hybridized carbons (Fsp3) is 0.900. The second-order valence-corrected chi connectivity index (χ2v) is 3.49. The molecule has 0 amide bonds. The number of hydrogen-bond acceptors (Lipinski definition) is 3. The van der Waals surface area contributed by atoms with Crippen molar-refractivity contribution >= 4 is 6.21 Å². The molecule has 0 aromatic rings. The van der Waals surface area contributed by atoms with Gasteiger partial charge in [0.1, 0.15) is 6.61 Å². The fourth-order valence-electron chi connectivity index (χ4n) is 1.74. The summed E-state index contributed by atoms with van der Waals surface area (Å²) in [6, 6.07) is 0.725. The summed E-state index contributed by atoms with van der Waals surface area (Å²) in [6.07, 6.45) is 8.50. The summed E-state index contributed by atoms with van der Waals surface area (Å²) >= 11 is 0. The minimum Gasteiger partial charge on any atom is -0.395 e. The molecule has 13 heavy (non-hydrogen) atoms. The van der Waals surface area contributed by atoms with E-state index in [4.69, 9.17) is 4.84 Å². The van der Waals surface area contributed by atoms with Crippen LogP contribution in [0.2, 0.25) is 0 Å². The molecule has 1 saturated carbocycles. The summed E-state index contributed by atoms with van der Waals surface area (Å²) in [5.41, 5.74) is 0. The predicted octanol–water partition coefficient (Wildman–Crippen LogP) is 1.93. The van der Waals surface area contributed by atoms with E-state index in [2.05, 4.69) is 10.5 Å². The Labute approximate surface area is 80.5 Å². The molecule has 1 fully saturated rings. The van der Waals surface area contributed by atoms with Gasteiger partial charge in [0.15, 0.2) is 0 Å². The average molecular weight is 184 g/mol. The van der Waals surface area contributed by atoms with Gasteiger partial charge in [-0.2, -0.15) is 0 Å². The van der Waals surface area contributed by atoms with Crippen LogP contribution in [-0.2, 0) is 4.84 Å². The van der Waals surface area contributed by atoms with Gasteiger partial charge in [-0.05, 0) is 19.8 Å². The zero-order chi connectivity index (χ0) is 9.36. The van der Waals surface area contributed by atoms with Crippen molar-refractivity contribution < 1.29 is 4.84 Å². The van der Waals surface area contributed by atoms with Gasteiger partial charge in [-0.3, -0.25) is 0 Å². The maximum absolute atomic E-state index is 4.98. The Morgan fingerprint density at radius 3 is 2.85 bits per heavy atom. The summed E-state index contributed by atoms with van der Waals surface area (Å²) in [5, 5.41) is 7.17. The summed E-state index contributed by atoms with van der Waals surface area (Å²) in [6.45, 7) is 3.46. The lowest BCUT2D eigenvalue weighted by Crippen LogP contribution is -2.33. The Morgan fingerprint density at radius 1 is 1.38 bits per heavy atom. The molecule has 0 unspecified atom stereocenters. The highest BCUT2D eigenvalue weighted by molar-refractivity contribution is 5.52. The third-order valence-corrected chi connectivity index (χ3v) is 2.41. The van der Waals surface area contributed by atoms with Gasteiger partial charge in [-0.1, -0.05) is 24.4 Å². The predicted molar refractivity (Wildman–Crippen MR) is 55.0 cm³/mol. The Hall–Kier alpha value is -0.570. The van der Waals surface area contributed by atoms with Crippen LogP contribution in [0.3, 0.4) is 0 Å². The van der Waals surface area contributed by atoms with Crippen LogP contribution in [0.1, 0.15) is 39.0 Å². The maximum atomic E-state index is 4.98. The molecule has 3 nitrogen and oxygen atoms in total. The van der Waals surface area contributed by atoms with Crippen LogP contribution in [-0.4, -0.2) is 25.4 Å². The molecule has 0 spiro atoms. The third-order valence-electron chi connectivity index (χ3n) is 2.41. The highest BCUT2D eigenvalue weighted by Gasteiger charge is 2.11. The molecule has 76 valence electrons. The number of hydrogen-bond donors (Lipinski definition) is 1. The zero-order valence-electron chi connectivity index (χ0n) is 8.46. The van der Waals surface area contributed by atoms with Gasteiger partial charge < -0.3 is 10.2 Å². The van der Waals surface area contributed by atoms with E-state index in [9.17, 15) is 0 Å². The van der Waals surface area contributed by atoms with Crippen molar-refractivity contribution in [3.8, 4) is 0 Å². The molecule has 0 aromatic carbocycles. The van der Waals surface area contributed by atoms with Crippen molar-refractivity contribution in [1.82, 2.24) is 5.32 Å². The molecular weight excluding hydrogens is 164 g/mol. The Kier molecular flexibility index (Phi) is 5.57. The zero-order valence-corrected chi connectivity index (χ0v) is 8.46. The number of nitrogens with one attached hydrogen (secondary N) is 1. The van der Waals surface area contributed by atoms with Crippen molar-refractivity contribution in [2.75, 3.05) is 13.2 Å². The lowest BCUT2D eigenvalue weighted by molar-refractivity contribution is 0.143. The molecule has 1 aliphatic rings. The Morgan fingerprint density at radius 2 is 2.15 bits per heavy atom. The van der Waals surface area contributed by atoms with Gasteiger partial charge in [0.25, 0.3) is 0 Å². The van der Waals surface area contributed by atoms with Crippen molar-refractivity contribution in [3.63, 3.8) is 0 Å². The van der Waals surface area contributed by atoms with E-state index in [0.29, 0.717) is 6.61 Å². The van der Waals surface area contributed by atoms with E-state index in [0.717, 1.165) is 12.6 Å². The molecule has 0 bridgehead atoms. The second kappa shape index (κ2) is 6.89. The minimum atomic E-state index is 0.681. The number of rotatable bonds is 5. The Balaban J connectivity index is 1.92. The van der Waals surface area contributed by atoms with Gasteiger partial charge in [-0.15, -0.1) is 0 Å². The molecule has 1 aliphatic carbocycles. The molecule has 0 heterocycles. The average Bonchev–Trinajstić information content (AvgIpc) is 2.19. The topological polar surface area (TPSA) is 33.6 Å². The standard InChI is InChI=1S/C10H20N2O/c1-2-12-13-9-8-11-10-6-4-3-5-7-10/h2,10-11H,3-9H2,1H3/b12-2+. The molecular formula is C10H20N2O.